The van der Waals surface area contributed by atoms with Crippen LogP contribution in [0.5, 0.6) is 0 Å². The van der Waals surface area contributed by atoms with E-state index in [2.05, 4.69) is 215 Å². The van der Waals surface area contributed by atoms with Crippen molar-refractivity contribution >= 4 is 27.8 Å². The first-order valence-electron chi connectivity index (χ1n) is 23.5. The van der Waals surface area contributed by atoms with Crippen LogP contribution in [0.15, 0.2) is 193 Å². The summed E-state index contributed by atoms with van der Waals surface area (Å²) < 4.78 is 10.9. The van der Waals surface area contributed by atoms with Gasteiger partial charge in [-0.2, -0.15) is 55.2 Å². The van der Waals surface area contributed by atoms with Gasteiger partial charge in [0, 0.05) is 72.9 Å². The summed E-state index contributed by atoms with van der Waals surface area (Å²) in [5.74, 6) is 1.74. The molecule has 0 saturated carbocycles. The van der Waals surface area contributed by atoms with Gasteiger partial charge < -0.3 is 23.4 Å². The van der Waals surface area contributed by atoms with Crippen molar-refractivity contribution in [3.05, 3.63) is 258 Å². The number of furan rings is 1. The third kappa shape index (κ3) is 7.52. The molecule has 1 aliphatic carbocycles. The first-order chi connectivity index (χ1) is 34.3. The molecule has 9 heteroatoms. The Bertz CT molecular complexity index is 3620. The van der Waals surface area contributed by atoms with Crippen LogP contribution >= 0.6 is 0 Å². The van der Waals surface area contributed by atoms with Gasteiger partial charge in [-0.05, 0) is 104 Å². The van der Waals surface area contributed by atoms with Gasteiger partial charge in [0.2, 0.25) is 5.71 Å². The molecule has 0 bridgehead atoms. The zero-order chi connectivity index (χ0) is 47.5. The van der Waals surface area contributed by atoms with Crippen LogP contribution < -0.4 is 4.90 Å². The molecule has 349 valence electrons. The van der Waals surface area contributed by atoms with Crippen LogP contribution in [0.2, 0.25) is 0 Å². The molecule has 0 spiro atoms. The van der Waals surface area contributed by atoms with Gasteiger partial charge in [-0.1, -0.05) is 107 Å². The number of imidazole rings is 2. The minimum absolute atomic E-state index is 0. The van der Waals surface area contributed by atoms with Gasteiger partial charge in [0.05, 0.1) is 17.2 Å². The Morgan fingerprint density at radius 2 is 1.13 bits per heavy atom. The Balaban J connectivity index is 0.000000154. The van der Waals surface area contributed by atoms with Crippen molar-refractivity contribution < 1.29 is 24.5 Å². The third-order valence-electron chi connectivity index (χ3n) is 13.6. The molecule has 0 atom stereocenters. The van der Waals surface area contributed by atoms with Crippen LogP contribution in [-0.4, -0.2) is 29.0 Å². The number of nitrogens with zero attached hydrogens (tertiary/aromatic N) is 7. The standard InChI is InChI=1S/C34H22N3O.C28H25N4.Ir/c1-23-18-19-28-27-14-9-17-31(32(27)38-33(28)35-23)34(37-21-20-36(22-37)24-10-3-2-4-11-24)29-15-7-5-12-25(29)26-13-6-8-16-30(26)34;1-19-8-5-9-20(2)25(19)31-16-14-29-27(31)23-12-7-13-24(18-23)28-30-15-17-32(28)26-21(3)10-6-11-22(26)4;/h2-10,12-16,18-22H,1H3;5-17H,1-4H3;/q-3;-1;. The van der Waals surface area contributed by atoms with Crippen molar-refractivity contribution in [2.75, 3.05) is 4.90 Å². The summed E-state index contributed by atoms with van der Waals surface area (Å²) in [6.07, 6.45) is 11.9. The zero-order valence-electron chi connectivity index (χ0n) is 39.8. The summed E-state index contributed by atoms with van der Waals surface area (Å²) >= 11 is 0. The van der Waals surface area contributed by atoms with Gasteiger partial charge in [-0.25, -0.2) is 4.98 Å². The van der Waals surface area contributed by atoms with E-state index >= 15 is 0 Å². The van der Waals surface area contributed by atoms with Crippen molar-refractivity contribution in [1.82, 2.24) is 29.0 Å². The second-order valence-electron chi connectivity index (χ2n) is 18.0. The van der Waals surface area contributed by atoms with Gasteiger partial charge in [-0.15, -0.1) is 30.0 Å². The average Bonchev–Trinajstić information content (AvgIpc) is 4.25. The molecule has 0 N–H and O–H groups in total. The second kappa shape index (κ2) is 18.3. The number of anilines is 1. The molecule has 1 radical (unpaired) electrons. The molecule has 0 amide bonds. The Morgan fingerprint density at radius 3 is 1.72 bits per heavy atom. The number of aromatic nitrogens is 5. The SMILES string of the molecule is Cc1ccc2c(n1)oc1c(C3(N4C=CN(c5[c-]cccc5)[CH-]4)c4ccccc4-c4ccccc43)[c-]ccc12.Cc1cccc(C)c1-n1ccnc1-c1[c-]c(-c2nccn2-c2c(C)cccc2C)ccc1.[Ir]. The average molecular weight is 1100 g/mol. The van der Waals surface area contributed by atoms with E-state index in [-0.39, 0.29) is 20.1 Å². The van der Waals surface area contributed by atoms with E-state index in [1.54, 1.807) is 0 Å². The van der Waals surface area contributed by atoms with Crippen LogP contribution in [0.25, 0.3) is 67.3 Å². The summed E-state index contributed by atoms with van der Waals surface area (Å²) in [7, 11) is 0. The van der Waals surface area contributed by atoms with E-state index in [1.165, 1.54) is 44.5 Å². The molecule has 13 rings (SSSR count). The fourth-order valence-electron chi connectivity index (χ4n) is 10.6. The number of para-hydroxylation sites is 3. The maximum atomic E-state index is 6.58. The molecule has 0 unspecified atom stereocenters. The first-order valence-corrected chi connectivity index (χ1v) is 23.5. The molecule has 11 aromatic rings. The number of pyridine rings is 1. The minimum atomic E-state index is -0.699. The summed E-state index contributed by atoms with van der Waals surface area (Å²) in [5.41, 5.74) is 17.5. The van der Waals surface area contributed by atoms with Crippen LogP contribution in [0.3, 0.4) is 0 Å². The van der Waals surface area contributed by atoms with E-state index in [0.29, 0.717) is 5.71 Å². The van der Waals surface area contributed by atoms with Crippen LogP contribution in [0.1, 0.15) is 44.6 Å². The Morgan fingerprint density at radius 1 is 0.549 bits per heavy atom. The van der Waals surface area contributed by atoms with Gasteiger partial charge in [0.1, 0.15) is 0 Å². The van der Waals surface area contributed by atoms with E-state index < -0.39 is 5.54 Å². The maximum absolute atomic E-state index is 6.58. The molecule has 0 saturated heterocycles. The molecule has 2 aliphatic rings. The van der Waals surface area contributed by atoms with Gasteiger partial charge in [0.25, 0.3) is 0 Å². The predicted molar refractivity (Wildman–Crippen MR) is 279 cm³/mol. The summed E-state index contributed by atoms with van der Waals surface area (Å²) in [4.78, 5) is 18.5. The third-order valence-corrected chi connectivity index (χ3v) is 13.6. The van der Waals surface area contributed by atoms with Crippen LogP contribution in [0.4, 0.5) is 5.69 Å². The van der Waals surface area contributed by atoms with E-state index in [4.69, 9.17) is 9.40 Å². The van der Waals surface area contributed by atoms with E-state index in [9.17, 15) is 0 Å². The topological polar surface area (TPSA) is 68.2 Å². The second-order valence-corrected chi connectivity index (χ2v) is 18.0. The predicted octanol–water partition coefficient (Wildman–Crippen LogP) is 14.0. The number of fused-ring (bicyclic) bond motifs is 6. The van der Waals surface area contributed by atoms with Gasteiger partial charge in [0.15, 0.2) is 0 Å². The van der Waals surface area contributed by atoms with Gasteiger partial charge in [-0.3, -0.25) is 9.97 Å². The smallest absolute Gasteiger partial charge is 0.212 e. The molecule has 5 heterocycles. The van der Waals surface area contributed by atoms with Crippen molar-refractivity contribution in [3.8, 4) is 45.3 Å². The monoisotopic (exact) mass is 1100 g/mol. The molecular weight excluding hydrogens is 1050 g/mol. The quantitative estimate of drug-likeness (QED) is 0.148. The van der Waals surface area contributed by atoms with E-state index in [1.807, 2.05) is 62.0 Å². The van der Waals surface area contributed by atoms with Crippen molar-refractivity contribution in [2.24, 2.45) is 0 Å². The molecule has 71 heavy (non-hydrogen) atoms. The zero-order valence-corrected chi connectivity index (χ0v) is 42.2. The number of benzene rings is 7. The summed E-state index contributed by atoms with van der Waals surface area (Å²) in [6, 6.07) is 63.0. The first kappa shape index (κ1) is 45.3. The Hall–Kier alpha value is -8.10. The van der Waals surface area contributed by atoms with Crippen molar-refractivity contribution in [1.29, 1.82) is 0 Å². The number of aryl methyl sites for hydroxylation is 5. The minimum Gasteiger partial charge on any atom is -0.501 e. The van der Waals surface area contributed by atoms with Crippen molar-refractivity contribution in [3.63, 3.8) is 0 Å². The van der Waals surface area contributed by atoms with Crippen LogP contribution in [0, 0.1) is 59.5 Å². The Kier molecular flexibility index (Phi) is 11.7. The van der Waals surface area contributed by atoms with Gasteiger partial charge >= 0.3 is 0 Å². The van der Waals surface area contributed by atoms with Crippen molar-refractivity contribution in [2.45, 2.75) is 40.2 Å². The molecule has 0 fully saturated rings. The molecule has 7 aromatic carbocycles. The molecule has 8 nitrogen and oxygen atoms in total. The summed E-state index contributed by atoms with van der Waals surface area (Å²) in [6.45, 7) is 12.7. The fraction of sp³-hybridized carbons (Fsp3) is 0.0968. The normalized spacial score (nSPS) is 13.3. The number of hydrogen-bond acceptors (Lipinski definition) is 6. The van der Waals surface area contributed by atoms with Crippen LogP contribution in [-0.2, 0) is 25.6 Å². The molecule has 4 aromatic heterocycles. The largest absolute Gasteiger partial charge is 0.501 e. The fourth-order valence-corrected chi connectivity index (χ4v) is 10.6. The number of rotatable bonds is 7. The Labute approximate surface area is 427 Å². The molecular formula is C62H47IrN7O-4. The maximum Gasteiger partial charge on any atom is 0.212 e. The van der Waals surface area contributed by atoms with E-state index in [0.717, 1.165) is 67.5 Å². The summed E-state index contributed by atoms with van der Waals surface area (Å²) in [5, 5.41) is 2.05. The molecule has 1 aliphatic heterocycles. The number of hydrogen-bond donors (Lipinski definition) is 0.